The Kier molecular flexibility index (Phi) is 6.64. The lowest BCUT2D eigenvalue weighted by molar-refractivity contribution is -0.117. The van der Waals surface area contributed by atoms with E-state index in [9.17, 15) is 22.8 Å². The number of hydrogen-bond donors (Lipinski definition) is 3. The van der Waals surface area contributed by atoms with Crippen molar-refractivity contribution in [2.75, 3.05) is 22.6 Å². The number of thiophene rings is 1. The fraction of sp³-hybridized carbons (Fsp3) is 0.136. The van der Waals surface area contributed by atoms with Gasteiger partial charge in [0.1, 0.15) is 4.21 Å². The van der Waals surface area contributed by atoms with Crippen LogP contribution in [0.25, 0.3) is 0 Å². The summed E-state index contributed by atoms with van der Waals surface area (Å²) in [7, 11) is -2.21. The molecule has 1 aromatic heterocycles. The first-order valence-corrected chi connectivity index (χ1v) is 13.3. The van der Waals surface area contributed by atoms with E-state index in [4.69, 9.17) is 0 Å². The highest BCUT2D eigenvalue weighted by atomic mass is 127. The topological polar surface area (TPSA) is 125 Å². The first-order valence-electron chi connectivity index (χ1n) is 9.97. The van der Waals surface area contributed by atoms with E-state index in [1.54, 1.807) is 32.2 Å². The molecule has 0 aliphatic carbocycles. The maximum atomic E-state index is 13.1. The molecule has 12 heteroatoms. The predicted molar refractivity (Wildman–Crippen MR) is 139 cm³/mol. The molecule has 176 valence electrons. The van der Waals surface area contributed by atoms with Crippen molar-refractivity contribution in [1.82, 2.24) is 4.72 Å². The maximum absolute atomic E-state index is 13.1. The number of nitrogens with zero attached hydrogens (tertiary/aromatic N) is 1. The highest BCUT2D eigenvalue weighted by Crippen LogP contribution is 2.31. The van der Waals surface area contributed by atoms with Gasteiger partial charge in [-0.3, -0.25) is 9.59 Å². The van der Waals surface area contributed by atoms with Crippen molar-refractivity contribution in [3.8, 4) is 0 Å². The number of urea groups is 1. The first-order chi connectivity index (χ1) is 16.1. The molecule has 0 fully saturated rings. The number of sulfonamides is 1. The SMILES string of the molecule is CNc1cc2c(cc1I)C(=O)N(c1ccc(NC(=O)NS(=O)(=O)c3ccc(C)s3)cc1)C(=O)C2. The Morgan fingerprint density at radius 2 is 1.79 bits per heavy atom. The zero-order chi connectivity index (χ0) is 24.6. The number of amides is 4. The summed E-state index contributed by atoms with van der Waals surface area (Å²) in [6, 6.07) is 11.7. The van der Waals surface area contributed by atoms with Gasteiger partial charge in [-0.2, -0.15) is 0 Å². The average Bonchev–Trinajstić information content (AvgIpc) is 3.22. The fourth-order valence-electron chi connectivity index (χ4n) is 3.47. The number of halogens is 1. The summed E-state index contributed by atoms with van der Waals surface area (Å²) >= 11 is 3.18. The van der Waals surface area contributed by atoms with Crippen LogP contribution in [-0.2, 0) is 21.2 Å². The number of imide groups is 1. The Bertz CT molecular complexity index is 1420. The minimum atomic E-state index is -3.98. The number of fused-ring (bicyclic) bond motifs is 1. The molecule has 0 spiro atoms. The number of anilines is 3. The minimum Gasteiger partial charge on any atom is -0.387 e. The van der Waals surface area contributed by atoms with E-state index in [0.29, 0.717) is 22.5 Å². The Morgan fingerprint density at radius 1 is 1.09 bits per heavy atom. The monoisotopic (exact) mass is 610 g/mol. The van der Waals surface area contributed by atoms with Crippen molar-refractivity contribution >= 4 is 78.9 Å². The van der Waals surface area contributed by atoms with E-state index < -0.39 is 22.0 Å². The van der Waals surface area contributed by atoms with Gasteiger partial charge in [0, 0.05) is 32.4 Å². The van der Waals surface area contributed by atoms with Gasteiger partial charge in [0.25, 0.3) is 15.9 Å². The van der Waals surface area contributed by atoms with Crippen molar-refractivity contribution in [2.45, 2.75) is 17.6 Å². The van der Waals surface area contributed by atoms with Crippen LogP contribution in [0.3, 0.4) is 0 Å². The Hall–Kier alpha value is -2.97. The number of carbonyl (C=O) groups excluding carboxylic acids is 3. The molecule has 34 heavy (non-hydrogen) atoms. The Labute approximate surface area is 213 Å². The maximum Gasteiger partial charge on any atom is 0.333 e. The van der Waals surface area contributed by atoms with Gasteiger partial charge < -0.3 is 10.6 Å². The molecule has 0 bridgehead atoms. The van der Waals surface area contributed by atoms with Crippen molar-refractivity contribution in [3.63, 3.8) is 0 Å². The lowest BCUT2D eigenvalue weighted by Gasteiger charge is -2.27. The van der Waals surface area contributed by atoms with Gasteiger partial charge >= 0.3 is 6.03 Å². The molecular weight excluding hydrogens is 591 g/mol. The summed E-state index contributed by atoms with van der Waals surface area (Å²) in [4.78, 5) is 39.9. The Balaban J connectivity index is 1.49. The molecule has 0 atom stereocenters. The predicted octanol–water partition coefficient (Wildman–Crippen LogP) is 3.94. The van der Waals surface area contributed by atoms with Crippen LogP contribution in [0.4, 0.5) is 21.9 Å². The van der Waals surface area contributed by atoms with Gasteiger partial charge in [-0.15, -0.1) is 11.3 Å². The fourth-order valence-corrected chi connectivity index (χ4v) is 6.40. The number of hydrogen-bond acceptors (Lipinski definition) is 7. The first kappa shape index (κ1) is 24.2. The molecular formula is C22H19IN4O5S2. The van der Waals surface area contributed by atoms with Gasteiger partial charge in [0.2, 0.25) is 5.91 Å². The number of rotatable bonds is 5. The van der Waals surface area contributed by atoms with E-state index >= 15 is 0 Å². The van der Waals surface area contributed by atoms with Crippen LogP contribution in [0.2, 0.25) is 0 Å². The van der Waals surface area contributed by atoms with Crippen molar-refractivity contribution in [1.29, 1.82) is 0 Å². The van der Waals surface area contributed by atoms with Crippen molar-refractivity contribution in [3.05, 3.63) is 68.1 Å². The van der Waals surface area contributed by atoms with Crippen LogP contribution in [0.5, 0.6) is 0 Å². The van der Waals surface area contributed by atoms with Crippen LogP contribution >= 0.6 is 33.9 Å². The van der Waals surface area contributed by atoms with E-state index in [-0.39, 0.29) is 16.5 Å². The number of benzene rings is 2. The van der Waals surface area contributed by atoms with E-state index in [0.717, 1.165) is 30.4 Å². The molecule has 4 amide bonds. The highest BCUT2D eigenvalue weighted by molar-refractivity contribution is 14.1. The molecule has 0 radical (unpaired) electrons. The second kappa shape index (κ2) is 9.35. The van der Waals surface area contributed by atoms with Gasteiger partial charge in [-0.1, -0.05) is 0 Å². The zero-order valence-corrected chi connectivity index (χ0v) is 21.8. The molecule has 9 nitrogen and oxygen atoms in total. The summed E-state index contributed by atoms with van der Waals surface area (Å²) < 4.78 is 27.4. The third-order valence-corrected chi connectivity index (χ3v) is 8.79. The Morgan fingerprint density at radius 3 is 2.41 bits per heavy atom. The molecule has 0 unspecified atom stereocenters. The molecule has 0 saturated heterocycles. The van der Waals surface area contributed by atoms with Gasteiger partial charge in [0.15, 0.2) is 0 Å². The molecule has 2 heterocycles. The number of nitrogens with one attached hydrogen (secondary N) is 3. The summed E-state index contributed by atoms with van der Waals surface area (Å²) in [5.41, 5.74) is 2.61. The zero-order valence-electron chi connectivity index (χ0n) is 18.0. The van der Waals surface area contributed by atoms with E-state index in [1.165, 1.54) is 30.3 Å². The van der Waals surface area contributed by atoms with Crippen LogP contribution in [-0.4, -0.2) is 33.3 Å². The normalized spacial score (nSPS) is 13.4. The second-order valence-corrected chi connectivity index (χ2v) is 11.8. The van der Waals surface area contributed by atoms with Crippen LogP contribution in [0.15, 0.2) is 52.7 Å². The minimum absolute atomic E-state index is 0.0365. The highest BCUT2D eigenvalue weighted by Gasteiger charge is 2.33. The molecule has 3 aromatic rings. The third kappa shape index (κ3) is 4.79. The standard InChI is InChI=1S/C22H19IN4O5S2/c1-12-3-8-20(33-12)34(31,32)26-22(30)25-14-4-6-15(7-5-14)27-19(28)10-13-9-18(24-2)17(23)11-16(13)21(27)29/h3-9,11,24H,10H2,1-2H3,(H2,25,26,30). The largest absolute Gasteiger partial charge is 0.387 e. The van der Waals surface area contributed by atoms with Crippen molar-refractivity contribution in [2.24, 2.45) is 0 Å². The summed E-state index contributed by atoms with van der Waals surface area (Å²) in [6.07, 6.45) is 0.0785. The molecule has 1 aliphatic heterocycles. The molecule has 4 rings (SSSR count). The molecule has 1 aliphatic rings. The lowest BCUT2D eigenvalue weighted by atomic mass is 9.97. The number of carbonyl (C=O) groups is 3. The molecule has 0 saturated carbocycles. The van der Waals surface area contributed by atoms with Crippen LogP contribution in [0.1, 0.15) is 20.8 Å². The number of aryl methyl sites for hydroxylation is 1. The van der Waals surface area contributed by atoms with E-state index in [1.807, 2.05) is 4.72 Å². The lowest BCUT2D eigenvalue weighted by Crippen LogP contribution is -2.42. The summed E-state index contributed by atoms with van der Waals surface area (Å²) in [6.45, 7) is 1.77. The third-order valence-electron chi connectivity index (χ3n) is 5.08. The average molecular weight is 610 g/mol. The summed E-state index contributed by atoms with van der Waals surface area (Å²) in [5.74, 6) is -0.792. The summed E-state index contributed by atoms with van der Waals surface area (Å²) in [5, 5.41) is 5.49. The smallest absolute Gasteiger partial charge is 0.333 e. The molecule has 2 aromatic carbocycles. The van der Waals surface area contributed by atoms with Gasteiger partial charge in [0.05, 0.1) is 12.1 Å². The van der Waals surface area contributed by atoms with Crippen molar-refractivity contribution < 1.29 is 22.8 Å². The van der Waals surface area contributed by atoms with Gasteiger partial charge in [-0.05, 0) is 83.6 Å². The quantitative estimate of drug-likeness (QED) is 0.297. The van der Waals surface area contributed by atoms with Crippen LogP contribution < -0.4 is 20.3 Å². The van der Waals surface area contributed by atoms with E-state index in [2.05, 4.69) is 33.2 Å². The van der Waals surface area contributed by atoms with Crippen LogP contribution in [0, 0.1) is 10.5 Å². The second-order valence-electron chi connectivity index (χ2n) is 7.42. The van der Waals surface area contributed by atoms with Gasteiger partial charge in [-0.25, -0.2) is 22.8 Å². The molecule has 3 N–H and O–H groups in total.